The summed E-state index contributed by atoms with van der Waals surface area (Å²) in [5, 5.41) is 3.09. The van der Waals surface area contributed by atoms with Gasteiger partial charge in [0.05, 0.1) is 17.7 Å². The van der Waals surface area contributed by atoms with Gasteiger partial charge in [-0.05, 0) is 24.3 Å². The van der Waals surface area contributed by atoms with Crippen molar-refractivity contribution in [3.8, 4) is 5.75 Å². The number of para-hydroxylation sites is 2. The second-order valence-corrected chi connectivity index (χ2v) is 7.02. The minimum absolute atomic E-state index is 0.134. The van der Waals surface area contributed by atoms with Gasteiger partial charge in [-0.2, -0.15) is 8.42 Å². The summed E-state index contributed by atoms with van der Waals surface area (Å²) in [5.41, 5.74) is 1.28. The fourth-order valence-electron chi connectivity index (χ4n) is 2.38. The lowest BCUT2D eigenvalue weighted by Crippen LogP contribution is -2.16. The first-order chi connectivity index (χ1) is 12.6. The van der Waals surface area contributed by atoms with Crippen molar-refractivity contribution in [3.05, 3.63) is 90.5 Å². The van der Waals surface area contributed by atoms with Crippen LogP contribution in [0.5, 0.6) is 5.75 Å². The first kappa shape index (κ1) is 17.7. The molecule has 3 aromatic carbocycles. The molecule has 26 heavy (non-hydrogen) atoms. The van der Waals surface area contributed by atoms with Crippen molar-refractivity contribution in [1.82, 2.24) is 0 Å². The highest BCUT2D eigenvalue weighted by atomic mass is 32.2. The first-order valence-electron chi connectivity index (χ1n) is 7.95. The van der Waals surface area contributed by atoms with Crippen LogP contribution in [0.15, 0.2) is 94.2 Å². The topological polar surface area (TPSA) is 67.8 Å². The number of ether oxygens (including phenoxy) is 1. The van der Waals surface area contributed by atoms with Crippen molar-refractivity contribution >= 4 is 21.5 Å². The van der Waals surface area contributed by atoms with E-state index in [1.165, 1.54) is 12.1 Å². The molecule has 3 rings (SSSR count). The van der Waals surface area contributed by atoms with E-state index >= 15 is 0 Å². The van der Waals surface area contributed by atoms with Gasteiger partial charge in [0.2, 0.25) is 0 Å². The molecule has 5 nitrogen and oxygen atoms in total. The normalized spacial score (nSPS) is 11.8. The van der Waals surface area contributed by atoms with Crippen LogP contribution in [0.4, 0.5) is 5.69 Å². The Morgan fingerprint density at radius 3 is 2.08 bits per heavy atom. The number of sulfonamides is 1. The molecule has 0 heterocycles. The lowest BCUT2D eigenvalue weighted by atomic mass is 10.2. The monoisotopic (exact) mass is 366 g/mol. The number of nitrogens with zero attached hydrogens (tertiary/aromatic N) is 1. The molecule has 6 heteroatoms. The number of hydrogen-bond donors (Lipinski definition) is 1. The fourth-order valence-corrected chi connectivity index (χ4v) is 3.38. The summed E-state index contributed by atoms with van der Waals surface area (Å²) in [7, 11) is -2.31. The highest BCUT2D eigenvalue weighted by Gasteiger charge is 2.16. The number of methoxy groups -OCH3 is 1. The Balaban J connectivity index is 2.07. The van der Waals surface area contributed by atoms with E-state index in [4.69, 9.17) is 4.74 Å². The molecule has 3 aromatic rings. The molecule has 0 aliphatic rings. The third kappa shape index (κ3) is 4.10. The summed E-state index contributed by atoms with van der Waals surface area (Å²) in [6.07, 6.45) is 0. The van der Waals surface area contributed by atoms with Gasteiger partial charge in [0.15, 0.2) is 5.84 Å². The Labute approximate surface area is 153 Å². The number of hydrogen-bond acceptors (Lipinski definition) is 3. The zero-order chi connectivity index (χ0) is 18.4. The van der Waals surface area contributed by atoms with E-state index in [9.17, 15) is 8.42 Å². The van der Waals surface area contributed by atoms with Crippen LogP contribution in [0.1, 0.15) is 5.56 Å². The average molecular weight is 366 g/mol. The third-order valence-electron chi connectivity index (χ3n) is 3.66. The van der Waals surface area contributed by atoms with Crippen LogP contribution in [-0.4, -0.2) is 21.4 Å². The maximum atomic E-state index is 12.7. The molecular formula is C20H18N2O3S. The summed E-state index contributed by atoms with van der Waals surface area (Å²) in [5.74, 6) is 0.812. The van der Waals surface area contributed by atoms with Gasteiger partial charge in [-0.1, -0.05) is 60.7 Å². The van der Waals surface area contributed by atoms with Gasteiger partial charge in [-0.25, -0.2) is 0 Å². The van der Waals surface area contributed by atoms with E-state index in [1.54, 1.807) is 49.6 Å². The van der Waals surface area contributed by atoms with E-state index in [1.807, 2.05) is 30.3 Å². The number of amidine groups is 1. The highest BCUT2D eigenvalue weighted by molar-refractivity contribution is 7.90. The first-order valence-corrected chi connectivity index (χ1v) is 9.39. The molecule has 0 atom stereocenters. The average Bonchev–Trinajstić information content (AvgIpc) is 2.69. The minimum atomic E-state index is -3.86. The predicted molar refractivity (Wildman–Crippen MR) is 103 cm³/mol. The minimum Gasteiger partial charge on any atom is -0.495 e. The Morgan fingerprint density at radius 2 is 1.42 bits per heavy atom. The SMILES string of the molecule is COc1ccccc1N/C(=N/S(=O)(=O)c1ccccc1)c1ccccc1. The van der Waals surface area contributed by atoms with Crippen molar-refractivity contribution in [3.63, 3.8) is 0 Å². The Morgan fingerprint density at radius 1 is 0.846 bits per heavy atom. The molecule has 0 spiro atoms. The molecule has 0 radical (unpaired) electrons. The quantitative estimate of drug-likeness (QED) is 0.548. The number of benzene rings is 3. The summed E-state index contributed by atoms with van der Waals surface area (Å²) in [6, 6.07) is 24.5. The standard InChI is InChI=1S/C20H18N2O3S/c1-25-19-15-9-8-14-18(19)21-20(16-10-4-2-5-11-16)22-26(23,24)17-12-6-3-7-13-17/h2-15H,1H3,(H,21,22). The Bertz CT molecular complexity index is 1000. The maximum Gasteiger partial charge on any atom is 0.284 e. The van der Waals surface area contributed by atoms with E-state index in [0.717, 1.165) is 0 Å². The second-order valence-electron chi connectivity index (χ2n) is 5.42. The number of anilines is 1. The molecule has 0 amide bonds. The predicted octanol–water partition coefficient (Wildman–Crippen LogP) is 3.94. The van der Waals surface area contributed by atoms with Gasteiger partial charge in [0.1, 0.15) is 5.75 Å². The molecule has 0 aliphatic carbocycles. The van der Waals surface area contributed by atoms with Gasteiger partial charge >= 0.3 is 0 Å². The van der Waals surface area contributed by atoms with Gasteiger partial charge in [-0.15, -0.1) is 4.40 Å². The van der Waals surface area contributed by atoms with Crippen molar-refractivity contribution in [2.75, 3.05) is 12.4 Å². The summed E-state index contributed by atoms with van der Waals surface area (Å²) < 4.78 is 34.8. The van der Waals surface area contributed by atoms with Crippen LogP contribution < -0.4 is 10.1 Å². The zero-order valence-corrected chi connectivity index (χ0v) is 15.0. The molecule has 0 aliphatic heterocycles. The lowest BCUT2D eigenvalue weighted by molar-refractivity contribution is 0.417. The van der Waals surface area contributed by atoms with Crippen molar-refractivity contribution in [2.24, 2.45) is 4.40 Å². The van der Waals surface area contributed by atoms with Crippen LogP contribution in [-0.2, 0) is 10.0 Å². The third-order valence-corrected chi connectivity index (χ3v) is 4.95. The fraction of sp³-hybridized carbons (Fsp3) is 0.0500. The highest BCUT2D eigenvalue weighted by Crippen LogP contribution is 2.24. The molecule has 0 saturated carbocycles. The Hall–Kier alpha value is -3.12. The van der Waals surface area contributed by atoms with E-state index in [2.05, 4.69) is 9.71 Å². The summed E-state index contributed by atoms with van der Waals surface area (Å²) in [6.45, 7) is 0. The van der Waals surface area contributed by atoms with Crippen LogP contribution in [0.3, 0.4) is 0 Å². The van der Waals surface area contributed by atoms with Gasteiger partial charge in [-0.3, -0.25) is 0 Å². The lowest BCUT2D eigenvalue weighted by Gasteiger charge is -2.13. The molecule has 0 fully saturated rings. The van der Waals surface area contributed by atoms with E-state index < -0.39 is 10.0 Å². The van der Waals surface area contributed by atoms with Crippen molar-refractivity contribution < 1.29 is 13.2 Å². The molecule has 0 aromatic heterocycles. The smallest absolute Gasteiger partial charge is 0.284 e. The van der Waals surface area contributed by atoms with Crippen LogP contribution >= 0.6 is 0 Å². The molecule has 0 bridgehead atoms. The summed E-state index contributed by atoms with van der Waals surface area (Å²) in [4.78, 5) is 0.134. The van der Waals surface area contributed by atoms with E-state index in [-0.39, 0.29) is 10.7 Å². The largest absolute Gasteiger partial charge is 0.495 e. The van der Waals surface area contributed by atoms with Crippen molar-refractivity contribution in [2.45, 2.75) is 4.90 Å². The maximum absolute atomic E-state index is 12.7. The number of nitrogens with one attached hydrogen (secondary N) is 1. The second kappa shape index (κ2) is 7.84. The zero-order valence-electron chi connectivity index (χ0n) is 14.2. The van der Waals surface area contributed by atoms with Crippen molar-refractivity contribution in [1.29, 1.82) is 0 Å². The Kier molecular flexibility index (Phi) is 5.34. The molecule has 1 N–H and O–H groups in total. The summed E-state index contributed by atoms with van der Waals surface area (Å²) >= 11 is 0. The van der Waals surface area contributed by atoms with Gasteiger partial charge < -0.3 is 10.1 Å². The van der Waals surface area contributed by atoms with Gasteiger partial charge in [0.25, 0.3) is 10.0 Å². The molecular weight excluding hydrogens is 348 g/mol. The number of rotatable bonds is 5. The molecule has 0 saturated heterocycles. The molecule has 132 valence electrons. The van der Waals surface area contributed by atoms with Crippen LogP contribution in [0, 0.1) is 0 Å². The van der Waals surface area contributed by atoms with Crippen LogP contribution in [0.25, 0.3) is 0 Å². The molecule has 0 unspecified atom stereocenters. The van der Waals surface area contributed by atoms with Gasteiger partial charge in [0, 0.05) is 5.56 Å². The van der Waals surface area contributed by atoms with E-state index in [0.29, 0.717) is 17.0 Å². The van der Waals surface area contributed by atoms with Crippen LogP contribution in [0.2, 0.25) is 0 Å².